The Morgan fingerprint density at radius 2 is 1.48 bits per heavy atom. The number of methoxy groups -OCH3 is 2. The van der Waals surface area contributed by atoms with Gasteiger partial charge >= 0.3 is 18.2 Å². The molecule has 0 aromatic carbocycles. The first-order chi connectivity index (χ1) is 13.6. The molecule has 13 heteroatoms. The van der Waals surface area contributed by atoms with Gasteiger partial charge < -0.3 is 20.1 Å². The van der Waals surface area contributed by atoms with E-state index in [4.69, 9.17) is 21.1 Å². The Labute approximate surface area is 170 Å². The average Bonchev–Trinajstić information content (AvgIpc) is 2.64. The van der Waals surface area contributed by atoms with Crippen molar-refractivity contribution in [1.82, 2.24) is 24.9 Å². The minimum atomic E-state index is -4.67. The van der Waals surface area contributed by atoms with E-state index < -0.39 is 12.0 Å². The van der Waals surface area contributed by atoms with Crippen LogP contribution in [0.2, 0.25) is 5.15 Å². The quantitative estimate of drug-likeness (QED) is 0.572. The first kappa shape index (κ1) is 22.7. The highest BCUT2D eigenvalue weighted by Gasteiger charge is 2.35. The minimum absolute atomic E-state index is 0.0115. The molecule has 0 saturated carbocycles. The molecule has 2 aromatic rings. The fraction of sp³-hybridized carbons (Fsp3) is 0.562. The highest BCUT2D eigenvalue weighted by atomic mass is 35.5. The Balaban J connectivity index is 1.92. The first-order valence-corrected chi connectivity index (χ1v) is 8.97. The fourth-order valence-electron chi connectivity index (χ4n) is 2.32. The molecule has 0 radical (unpaired) electrons. The lowest BCUT2D eigenvalue weighted by Gasteiger charge is -2.19. The summed E-state index contributed by atoms with van der Waals surface area (Å²) in [4.78, 5) is 18.8. The molecule has 29 heavy (non-hydrogen) atoms. The van der Waals surface area contributed by atoms with Gasteiger partial charge in [-0.25, -0.2) is 9.97 Å². The number of hydrogen-bond donors (Lipinski definition) is 2. The van der Waals surface area contributed by atoms with Gasteiger partial charge in [-0.2, -0.15) is 23.1 Å². The predicted octanol–water partition coefficient (Wildman–Crippen LogP) is 3.43. The first-order valence-electron chi connectivity index (χ1n) is 8.59. The Bertz CT molecular complexity index is 803. The van der Waals surface area contributed by atoms with Crippen LogP contribution in [0.15, 0.2) is 6.07 Å². The maximum atomic E-state index is 12.8. The smallest absolute Gasteiger partial charge is 0.451 e. The van der Waals surface area contributed by atoms with Crippen molar-refractivity contribution in [1.29, 1.82) is 0 Å². The molecule has 0 amide bonds. The van der Waals surface area contributed by atoms with Gasteiger partial charge in [0.15, 0.2) is 0 Å². The van der Waals surface area contributed by atoms with Gasteiger partial charge in [-0.15, -0.1) is 4.98 Å². The van der Waals surface area contributed by atoms with Gasteiger partial charge in [-0.05, 0) is 26.7 Å². The monoisotopic (exact) mass is 435 g/mol. The summed E-state index contributed by atoms with van der Waals surface area (Å²) in [7, 11) is 2.86. The van der Waals surface area contributed by atoms with Crippen LogP contribution in [-0.2, 0) is 6.18 Å². The van der Waals surface area contributed by atoms with E-state index in [-0.39, 0.29) is 35.1 Å². The van der Waals surface area contributed by atoms with Crippen molar-refractivity contribution >= 4 is 23.4 Å². The summed E-state index contributed by atoms with van der Waals surface area (Å²) >= 11 is 5.67. The van der Waals surface area contributed by atoms with Crippen LogP contribution in [0.3, 0.4) is 0 Å². The van der Waals surface area contributed by atoms with Crippen molar-refractivity contribution in [3.63, 3.8) is 0 Å². The lowest BCUT2D eigenvalue weighted by molar-refractivity contribution is -0.144. The van der Waals surface area contributed by atoms with Crippen molar-refractivity contribution in [2.75, 3.05) is 24.9 Å². The highest BCUT2D eigenvalue weighted by molar-refractivity contribution is 6.29. The molecule has 0 spiro atoms. The summed E-state index contributed by atoms with van der Waals surface area (Å²) in [6, 6.07) is 1.26. The van der Waals surface area contributed by atoms with Crippen LogP contribution in [0.5, 0.6) is 12.0 Å². The van der Waals surface area contributed by atoms with E-state index in [0.717, 1.165) is 0 Å². The second kappa shape index (κ2) is 9.72. The van der Waals surface area contributed by atoms with Gasteiger partial charge in [0, 0.05) is 18.2 Å². The number of anilines is 2. The molecule has 0 fully saturated rings. The molecule has 0 aliphatic heterocycles. The molecule has 160 valence electrons. The number of nitrogens with one attached hydrogen (secondary N) is 2. The Hall–Kier alpha value is -2.63. The van der Waals surface area contributed by atoms with Gasteiger partial charge in [0.1, 0.15) is 11.0 Å². The lowest BCUT2D eigenvalue weighted by atomic mass is 10.1. The fourth-order valence-corrected chi connectivity index (χ4v) is 2.50. The standard InChI is InChI=1S/C16H21ClF3N7O2/c1-8(21-11-7-10(17)23-12(24-11)16(18,19)20)5-6-9(2)22-13-25-14(28-3)27-15(26-13)29-4/h7-9H,5-6H2,1-4H3,(H,21,23,24)(H,22,25,26,27). The summed E-state index contributed by atoms with van der Waals surface area (Å²) in [5, 5.41) is 5.73. The molecular weight excluding hydrogens is 415 g/mol. The average molecular weight is 436 g/mol. The topological polar surface area (TPSA) is 107 Å². The zero-order valence-corrected chi connectivity index (χ0v) is 17.0. The van der Waals surface area contributed by atoms with Crippen molar-refractivity contribution < 1.29 is 22.6 Å². The predicted molar refractivity (Wildman–Crippen MR) is 100 cm³/mol. The van der Waals surface area contributed by atoms with Crippen molar-refractivity contribution in [3.8, 4) is 12.0 Å². The Morgan fingerprint density at radius 3 is 2.00 bits per heavy atom. The number of aromatic nitrogens is 5. The van der Waals surface area contributed by atoms with E-state index in [2.05, 4.69) is 35.6 Å². The largest absolute Gasteiger partial charge is 0.467 e. The molecule has 2 aromatic heterocycles. The summed E-state index contributed by atoms with van der Waals surface area (Å²) in [6.07, 6.45) is -3.39. The van der Waals surface area contributed by atoms with E-state index in [1.807, 2.05) is 13.8 Å². The molecule has 2 rings (SSSR count). The van der Waals surface area contributed by atoms with Gasteiger partial charge in [0.2, 0.25) is 11.8 Å². The maximum Gasteiger partial charge on any atom is 0.451 e. The SMILES string of the molecule is COc1nc(NC(C)CCC(C)Nc2cc(Cl)nc(C(F)(F)F)n2)nc(OC)n1. The third-order valence-corrected chi connectivity index (χ3v) is 3.90. The highest BCUT2D eigenvalue weighted by Crippen LogP contribution is 2.28. The summed E-state index contributed by atoms with van der Waals surface area (Å²) in [5.41, 5.74) is 0. The summed E-state index contributed by atoms with van der Waals surface area (Å²) in [6.45, 7) is 3.74. The van der Waals surface area contributed by atoms with Crippen LogP contribution < -0.4 is 20.1 Å². The zero-order chi connectivity index (χ0) is 21.6. The molecule has 9 nitrogen and oxygen atoms in total. The molecule has 0 bridgehead atoms. The maximum absolute atomic E-state index is 12.8. The van der Waals surface area contributed by atoms with Crippen LogP contribution in [0.25, 0.3) is 0 Å². The van der Waals surface area contributed by atoms with Gasteiger partial charge in [-0.1, -0.05) is 11.6 Å². The van der Waals surface area contributed by atoms with Gasteiger partial charge in [0.05, 0.1) is 14.2 Å². The lowest BCUT2D eigenvalue weighted by Crippen LogP contribution is -2.23. The molecule has 0 aliphatic rings. The molecule has 0 aliphatic carbocycles. The van der Waals surface area contributed by atoms with E-state index >= 15 is 0 Å². The number of nitrogens with zero attached hydrogens (tertiary/aromatic N) is 5. The summed E-state index contributed by atoms with van der Waals surface area (Å²) < 4.78 is 48.4. The van der Waals surface area contributed by atoms with Crippen LogP contribution in [0.4, 0.5) is 24.9 Å². The van der Waals surface area contributed by atoms with E-state index in [1.165, 1.54) is 20.3 Å². The van der Waals surface area contributed by atoms with E-state index in [9.17, 15) is 13.2 Å². The molecule has 2 N–H and O–H groups in total. The molecule has 0 saturated heterocycles. The minimum Gasteiger partial charge on any atom is -0.467 e. The molecular formula is C16H21ClF3N7O2. The van der Waals surface area contributed by atoms with Gasteiger partial charge in [0.25, 0.3) is 0 Å². The van der Waals surface area contributed by atoms with Crippen LogP contribution in [-0.4, -0.2) is 51.2 Å². The van der Waals surface area contributed by atoms with E-state index in [0.29, 0.717) is 18.8 Å². The number of alkyl halides is 3. The van der Waals surface area contributed by atoms with Crippen molar-refractivity contribution in [3.05, 3.63) is 17.0 Å². The summed E-state index contributed by atoms with van der Waals surface area (Å²) in [5.74, 6) is -0.982. The number of rotatable bonds is 9. The number of halogens is 4. The normalized spacial score (nSPS) is 13.5. The molecule has 2 atom stereocenters. The number of ether oxygens (including phenoxy) is 2. The second-order valence-electron chi connectivity index (χ2n) is 6.20. The molecule has 2 unspecified atom stereocenters. The number of hydrogen-bond acceptors (Lipinski definition) is 9. The third kappa shape index (κ3) is 7.04. The third-order valence-electron chi connectivity index (χ3n) is 3.71. The second-order valence-corrected chi connectivity index (χ2v) is 6.59. The zero-order valence-electron chi connectivity index (χ0n) is 16.2. The van der Waals surface area contributed by atoms with Crippen LogP contribution >= 0.6 is 11.6 Å². The van der Waals surface area contributed by atoms with E-state index in [1.54, 1.807) is 0 Å². The van der Waals surface area contributed by atoms with Crippen LogP contribution in [0, 0.1) is 0 Å². The van der Waals surface area contributed by atoms with Crippen LogP contribution in [0.1, 0.15) is 32.5 Å². The Kier molecular flexibility index (Phi) is 7.59. The van der Waals surface area contributed by atoms with Crippen molar-refractivity contribution in [2.45, 2.75) is 44.9 Å². The Morgan fingerprint density at radius 1 is 0.931 bits per heavy atom. The van der Waals surface area contributed by atoms with Crippen molar-refractivity contribution in [2.24, 2.45) is 0 Å². The molecule has 2 heterocycles. The van der Waals surface area contributed by atoms with Gasteiger partial charge in [-0.3, -0.25) is 0 Å².